The molecule has 0 aromatic carbocycles. The van der Waals surface area contributed by atoms with Crippen molar-refractivity contribution in [3.05, 3.63) is 12.2 Å². The second kappa shape index (κ2) is 5.07. The van der Waals surface area contributed by atoms with Crippen LogP contribution in [0.15, 0.2) is 6.33 Å². The van der Waals surface area contributed by atoms with Gasteiger partial charge in [-0.2, -0.15) is 5.10 Å². The number of nitrogens with zero attached hydrogens (tertiary/aromatic N) is 3. The van der Waals surface area contributed by atoms with Crippen LogP contribution in [-0.2, 0) is 18.4 Å². The first-order valence-corrected chi connectivity index (χ1v) is 5.58. The molecule has 6 nitrogen and oxygen atoms in total. The SMILES string of the molecule is Cn1cnc(CNC2CCCNC(=O)C2)n1. The topological polar surface area (TPSA) is 71.8 Å². The predicted molar refractivity (Wildman–Crippen MR) is 58.5 cm³/mol. The van der Waals surface area contributed by atoms with Crippen LogP contribution in [0.1, 0.15) is 25.1 Å². The Kier molecular flexibility index (Phi) is 3.51. The van der Waals surface area contributed by atoms with Crippen LogP contribution in [-0.4, -0.2) is 33.3 Å². The Morgan fingerprint density at radius 1 is 1.69 bits per heavy atom. The van der Waals surface area contributed by atoms with E-state index in [-0.39, 0.29) is 11.9 Å². The molecule has 0 saturated carbocycles. The number of aromatic nitrogens is 3. The van der Waals surface area contributed by atoms with Gasteiger partial charge in [0.25, 0.3) is 0 Å². The Balaban J connectivity index is 1.82. The molecule has 2 rings (SSSR count). The van der Waals surface area contributed by atoms with E-state index in [0.29, 0.717) is 13.0 Å². The lowest BCUT2D eigenvalue weighted by Gasteiger charge is -2.13. The fourth-order valence-electron chi connectivity index (χ4n) is 1.85. The zero-order valence-corrected chi connectivity index (χ0v) is 9.44. The monoisotopic (exact) mass is 223 g/mol. The molecule has 0 bridgehead atoms. The summed E-state index contributed by atoms with van der Waals surface area (Å²) in [6, 6.07) is 0.242. The van der Waals surface area contributed by atoms with Crippen LogP contribution in [0, 0.1) is 0 Å². The first-order valence-electron chi connectivity index (χ1n) is 5.58. The molecule has 1 amide bonds. The van der Waals surface area contributed by atoms with E-state index in [1.54, 1.807) is 11.0 Å². The molecule has 1 unspecified atom stereocenters. The van der Waals surface area contributed by atoms with Gasteiger partial charge < -0.3 is 10.6 Å². The molecule has 1 atom stereocenters. The van der Waals surface area contributed by atoms with E-state index in [0.717, 1.165) is 25.2 Å². The minimum atomic E-state index is 0.129. The highest BCUT2D eigenvalue weighted by atomic mass is 16.1. The van der Waals surface area contributed by atoms with Crippen LogP contribution in [0.2, 0.25) is 0 Å². The van der Waals surface area contributed by atoms with Crippen molar-refractivity contribution < 1.29 is 4.79 Å². The molecule has 1 saturated heterocycles. The molecule has 16 heavy (non-hydrogen) atoms. The van der Waals surface area contributed by atoms with Gasteiger partial charge in [-0.25, -0.2) is 4.98 Å². The zero-order chi connectivity index (χ0) is 11.4. The standard InChI is InChI=1S/C10H17N5O/c1-15-7-13-9(14-15)6-12-8-3-2-4-11-10(16)5-8/h7-8,12H,2-6H2,1H3,(H,11,16). The van der Waals surface area contributed by atoms with E-state index >= 15 is 0 Å². The number of hydrogen-bond acceptors (Lipinski definition) is 4. The fraction of sp³-hybridized carbons (Fsp3) is 0.700. The van der Waals surface area contributed by atoms with E-state index in [9.17, 15) is 4.79 Å². The van der Waals surface area contributed by atoms with Gasteiger partial charge in [0.05, 0.1) is 6.54 Å². The van der Waals surface area contributed by atoms with Crippen LogP contribution in [0.5, 0.6) is 0 Å². The predicted octanol–water partition coefficient (Wildman–Crippen LogP) is -0.427. The highest BCUT2D eigenvalue weighted by Crippen LogP contribution is 2.06. The quantitative estimate of drug-likeness (QED) is 0.729. The lowest BCUT2D eigenvalue weighted by atomic mass is 10.1. The van der Waals surface area contributed by atoms with Crippen LogP contribution >= 0.6 is 0 Å². The Labute approximate surface area is 94.4 Å². The maximum atomic E-state index is 11.3. The van der Waals surface area contributed by atoms with Crippen molar-refractivity contribution in [2.45, 2.75) is 31.8 Å². The number of amides is 1. The van der Waals surface area contributed by atoms with Crippen LogP contribution in [0.25, 0.3) is 0 Å². The van der Waals surface area contributed by atoms with Gasteiger partial charge in [-0.3, -0.25) is 9.48 Å². The Morgan fingerprint density at radius 2 is 2.56 bits per heavy atom. The van der Waals surface area contributed by atoms with Crippen molar-refractivity contribution >= 4 is 5.91 Å². The van der Waals surface area contributed by atoms with E-state index < -0.39 is 0 Å². The molecule has 0 spiro atoms. The normalized spacial score (nSPS) is 21.6. The first kappa shape index (κ1) is 11.1. The number of nitrogens with one attached hydrogen (secondary N) is 2. The number of aryl methyl sites for hydroxylation is 1. The van der Waals surface area contributed by atoms with Gasteiger partial charge in [0.1, 0.15) is 6.33 Å². The van der Waals surface area contributed by atoms with Crippen molar-refractivity contribution in [1.82, 2.24) is 25.4 Å². The van der Waals surface area contributed by atoms with Crippen molar-refractivity contribution in [2.24, 2.45) is 7.05 Å². The van der Waals surface area contributed by atoms with Gasteiger partial charge in [-0.15, -0.1) is 0 Å². The van der Waals surface area contributed by atoms with Crippen molar-refractivity contribution in [3.8, 4) is 0 Å². The van der Waals surface area contributed by atoms with E-state index in [4.69, 9.17) is 0 Å². The summed E-state index contributed by atoms with van der Waals surface area (Å²) in [5.74, 6) is 0.899. The van der Waals surface area contributed by atoms with Gasteiger partial charge in [-0.05, 0) is 12.8 Å². The molecule has 88 valence electrons. The summed E-state index contributed by atoms with van der Waals surface area (Å²) in [7, 11) is 1.84. The molecular weight excluding hydrogens is 206 g/mol. The minimum absolute atomic E-state index is 0.129. The highest BCUT2D eigenvalue weighted by Gasteiger charge is 2.16. The van der Waals surface area contributed by atoms with Crippen molar-refractivity contribution in [3.63, 3.8) is 0 Å². The first-order chi connectivity index (χ1) is 7.74. The molecule has 1 fully saturated rings. The summed E-state index contributed by atoms with van der Waals surface area (Å²) in [4.78, 5) is 15.5. The van der Waals surface area contributed by atoms with Crippen LogP contribution in [0.3, 0.4) is 0 Å². The third kappa shape index (κ3) is 3.03. The number of carbonyl (C=O) groups excluding carboxylic acids is 1. The van der Waals surface area contributed by atoms with Gasteiger partial charge in [-0.1, -0.05) is 0 Å². The van der Waals surface area contributed by atoms with Crippen molar-refractivity contribution in [2.75, 3.05) is 6.54 Å². The highest BCUT2D eigenvalue weighted by molar-refractivity contribution is 5.76. The molecule has 1 aliphatic heterocycles. The Morgan fingerprint density at radius 3 is 3.31 bits per heavy atom. The van der Waals surface area contributed by atoms with E-state index in [1.807, 2.05) is 7.05 Å². The second-order valence-corrected chi connectivity index (χ2v) is 4.11. The molecule has 0 aliphatic carbocycles. The zero-order valence-electron chi connectivity index (χ0n) is 9.44. The average Bonchev–Trinajstić information content (AvgIpc) is 2.55. The van der Waals surface area contributed by atoms with E-state index in [2.05, 4.69) is 20.7 Å². The summed E-state index contributed by atoms with van der Waals surface area (Å²) in [5.41, 5.74) is 0. The lowest BCUT2D eigenvalue weighted by Crippen LogP contribution is -2.32. The molecule has 1 aliphatic rings. The third-order valence-electron chi connectivity index (χ3n) is 2.68. The molecule has 1 aromatic heterocycles. The van der Waals surface area contributed by atoms with Gasteiger partial charge >= 0.3 is 0 Å². The summed E-state index contributed by atoms with van der Waals surface area (Å²) in [6.07, 6.45) is 4.27. The summed E-state index contributed by atoms with van der Waals surface area (Å²) >= 11 is 0. The maximum Gasteiger partial charge on any atom is 0.221 e. The third-order valence-corrected chi connectivity index (χ3v) is 2.68. The molecule has 1 aromatic rings. The minimum Gasteiger partial charge on any atom is -0.356 e. The van der Waals surface area contributed by atoms with E-state index in [1.165, 1.54) is 0 Å². The molecule has 0 radical (unpaired) electrons. The van der Waals surface area contributed by atoms with Gasteiger partial charge in [0, 0.05) is 26.1 Å². The lowest BCUT2D eigenvalue weighted by molar-refractivity contribution is -0.121. The molecular formula is C10H17N5O. The van der Waals surface area contributed by atoms with Gasteiger partial charge in [0.15, 0.2) is 5.82 Å². The average molecular weight is 223 g/mol. The summed E-state index contributed by atoms with van der Waals surface area (Å²) < 4.78 is 1.68. The summed E-state index contributed by atoms with van der Waals surface area (Å²) in [6.45, 7) is 1.41. The molecule has 2 heterocycles. The largest absolute Gasteiger partial charge is 0.356 e. The molecule has 2 N–H and O–H groups in total. The Hall–Kier alpha value is -1.43. The summed E-state index contributed by atoms with van der Waals surface area (Å²) in [5, 5.41) is 10.4. The van der Waals surface area contributed by atoms with Gasteiger partial charge in [0.2, 0.25) is 5.91 Å². The van der Waals surface area contributed by atoms with Crippen LogP contribution < -0.4 is 10.6 Å². The van der Waals surface area contributed by atoms with Crippen LogP contribution in [0.4, 0.5) is 0 Å². The smallest absolute Gasteiger partial charge is 0.221 e. The fourth-order valence-corrected chi connectivity index (χ4v) is 1.85. The number of rotatable bonds is 3. The second-order valence-electron chi connectivity index (χ2n) is 4.11. The number of carbonyl (C=O) groups is 1. The maximum absolute atomic E-state index is 11.3. The Bertz CT molecular complexity index is 362. The van der Waals surface area contributed by atoms with Crippen molar-refractivity contribution in [1.29, 1.82) is 0 Å². The molecule has 6 heteroatoms. The number of hydrogen-bond donors (Lipinski definition) is 2.